The summed E-state index contributed by atoms with van der Waals surface area (Å²) in [5.74, 6) is 1.33. The van der Waals surface area contributed by atoms with Crippen LogP contribution in [-0.2, 0) is 4.74 Å². The van der Waals surface area contributed by atoms with Crippen LogP contribution in [-0.4, -0.2) is 44.9 Å². The molecule has 0 N–H and O–H groups in total. The fourth-order valence-corrected chi connectivity index (χ4v) is 3.81. The number of hydrogen-bond donors (Lipinski definition) is 0. The van der Waals surface area contributed by atoms with Crippen molar-refractivity contribution < 1.29 is 9.47 Å². The van der Waals surface area contributed by atoms with E-state index in [1.165, 1.54) is 37.7 Å². The molecule has 1 fully saturated rings. The highest BCUT2D eigenvalue weighted by Gasteiger charge is 2.41. The molecule has 1 aromatic rings. The fraction of sp³-hybridized carbons (Fsp3) is 0.684. The maximum absolute atomic E-state index is 6.39. The molecular formula is C19H31NO2. The maximum atomic E-state index is 6.39. The predicted molar refractivity (Wildman–Crippen MR) is 91.7 cm³/mol. The minimum atomic E-state index is -0.00808. The summed E-state index contributed by atoms with van der Waals surface area (Å²) in [5.41, 5.74) is 1.36. The van der Waals surface area contributed by atoms with Gasteiger partial charge in [-0.1, -0.05) is 31.4 Å². The van der Waals surface area contributed by atoms with Crippen molar-refractivity contribution in [1.29, 1.82) is 0 Å². The molecule has 0 bridgehead atoms. The third-order valence-corrected chi connectivity index (χ3v) is 4.83. The fourth-order valence-electron chi connectivity index (χ4n) is 3.81. The summed E-state index contributed by atoms with van der Waals surface area (Å²) in [6.07, 6.45) is 6.24. The molecule has 22 heavy (non-hydrogen) atoms. The second kappa shape index (κ2) is 7.98. The number of nitrogens with zero attached hydrogens (tertiary/aromatic N) is 1. The topological polar surface area (TPSA) is 21.7 Å². The molecule has 1 aromatic carbocycles. The Morgan fingerprint density at radius 3 is 2.23 bits per heavy atom. The average Bonchev–Trinajstić information content (AvgIpc) is 2.54. The van der Waals surface area contributed by atoms with Gasteiger partial charge in [0.1, 0.15) is 5.75 Å². The van der Waals surface area contributed by atoms with Crippen LogP contribution in [0.1, 0.15) is 50.5 Å². The van der Waals surface area contributed by atoms with Gasteiger partial charge in [0.05, 0.1) is 12.7 Å². The first kappa shape index (κ1) is 17.3. The van der Waals surface area contributed by atoms with Crippen molar-refractivity contribution in [2.75, 3.05) is 34.4 Å². The number of hydrogen-bond acceptors (Lipinski definition) is 3. The highest BCUT2D eigenvalue weighted by atomic mass is 16.5. The van der Waals surface area contributed by atoms with Gasteiger partial charge in [-0.25, -0.2) is 0 Å². The van der Waals surface area contributed by atoms with Crippen molar-refractivity contribution in [3.05, 3.63) is 29.8 Å². The molecule has 3 nitrogen and oxygen atoms in total. The molecule has 1 aliphatic rings. The molecule has 0 amide bonds. The number of rotatable bonds is 7. The molecule has 1 saturated carbocycles. The Bertz CT molecular complexity index is 430. The van der Waals surface area contributed by atoms with E-state index in [1.807, 2.05) is 0 Å². The normalized spacial score (nSPS) is 19.1. The highest BCUT2D eigenvalue weighted by Crippen LogP contribution is 2.43. The van der Waals surface area contributed by atoms with Crippen molar-refractivity contribution >= 4 is 0 Å². The van der Waals surface area contributed by atoms with Gasteiger partial charge in [0.15, 0.2) is 0 Å². The summed E-state index contributed by atoms with van der Waals surface area (Å²) in [6.45, 7) is 3.93. The molecule has 0 heterocycles. The van der Waals surface area contributed by atoms with E-state index in [-0.39, 0.29) is 5.60 Å². The summed E-state index contributed by atoms with van der Waals surface area (Å²) < 4.78 is 11.7. The lowest BCUT2D eigenvalue weighted by molar-refractivity contribution is -0.0877. The smallest absolute Gasteiger partial charge is 0.118 e. The Kier molecular flexibility index (Phi) is 6.27. The van der Waals surface area contributed by atoms with Crippen LogP contribution in [0, 0.1) is 0 Å². The van der Waals surface area contributed by atoms with Gasteiger partial charge in [-0.3, -0.25) is 0 Å². The van der Waals surface area contributed by atoms with Gasteiger partial charge in [0.25, 0.3) is 0 Å². The van der Waals surface area contributed by atoms with Crippen LogP contribution < -0.4 is 4.74 Å². The number of benzene rings is 1. The molecule has 124 valence electrons. The molecule has 0 aliphatic heterocycles. The second-order valence-corrected chi connectivity index (χ2v) is 6.65. The predicted octanol–water partition coefficient (Wildman–Crippen LogP) is 4.08. The molecule has 0 saturated heterocycles. The zero-order valence-electron chi connectivity index (χ0n) is 14.6. The van der Waals surface area contributed by atoms with Gasteiger partial charge in [0.2, 0.25) is 0 Å². The van der Waals surface area contributed by atoms with E-state index in [0.717, 1.165) is 18.9 Å². The monoisotopic (exact) mass is 305 g/mol. The molecule has 0 aromatic heterocycles. The van der Waals surface area contributed by atoms with Gasteiger partial charge >= 0.3 is 0 Å². The van der Waals surface area contributed by atoms with Crippen molar-refractivity contribution in [2.24, 2.45) is 0 Å². The Morgan fingerprint density at radius 1 is 1.09 bits per heavy atom. The van der Waals surface area contributed by atoms with Crippen molar-refractivity contribution in [3.8, 4) is 5.75 Å². The van der Waals surface area contributed by atoms with Gasteiger partial charge in [-0.2, -0.15) is 0 Å². The number of likely N-dealkylation sites (N-methyl/N-ethyl adjacent to an activating group) is 1. The lowest BCUT2D eigenvalue weighted by Crippen LogP contribution is -2.45. The SMILES string of the molecule is CCOC1(C(CN(C)C)c2ccc(OC)cc2)CCCCC1. The van der Waals surface area contributed by atoms with Crippen LogP contribution in [0.3, 0.4) is 0 Å². The molecule has 2 rings (SSSR count). The van der Waals surface area contributed by atoms with Gasteiger partial charge in [-0.05, 0) is 51.6 Å². The van der Waals surface area contributed by atoms with E-state index >= 15 is 0 Å². The van der Waals surface area contributed by atoms with Gasteiger partial charge < -0.3 is 14.4 Å². The van der Waals surface area contributed by atoms with E-state index in [9.17, 15) is 0 Å². The molecule has 1 atom stereocenters. The largest absolute Gasteiger partial charge is 0.497 e. The minimum absolute atomic E-state index is 0.00808. The number of ether oxygens (including phenoxy) is 2. The Morgan fingerprint density at radius 2 is 1.73 bits per heavy atom. The maximum Gasteiger partial charge on any atom is 0.118 e. The molecule has 0 radical (unpaired) electrons. The standard InChI is InChI=1S/C19H31NO2/c1-5-22-19(13-7-6-8-14-19)18(15-20(2)3)16-9-11-17(21-4)12-10-16/h9-12,18H,5-8,13-15H2,1-4H3. The number of methoxy groups -OCH3 is 1. The molecule has 3 heteroatoms. The minimum Gasteiger partial charge on any atom is -0.497 e. The zero-order valence-corrected chi connectivity index (χ0v) is 14.6. The third-order valence-electron chi connectivity index (χ3n) is 4.83. The summed E-state index contributed by atoms with van der Waals surface area (Å²) in [5, 5.41) is 0. The first-order valence-corrected chi connectivity index (χ1v) is 8.54. The van der Waals surface area contributed by atoms with E-state index in [2.05, 4.69) is 50.2 Å². The highest BCUT2D eigenvalue weighted by molar-refractivity contribution is 5.31. The van der Waals surface area contributed by atoms with Crippen LogP contribution in [0.15, 0.2) is 24.3 Å². The quantitative estimate of drug-likeness (QED) is 0.757. The van der Waals surface area contributed by atoms with Gasteiger partial charge in [0, 0.05) is 19.1 Å². The summed E-state index contributed by atoms with van der Waals surface area (Å²) in [4.78, 5) is 2.28. The molecular weight excluding hydrogens is 274 g/mol. The summed E-state index contributed by atoms with van der Waals surface area (Å²) in [6, 6.07) is 8.56. The van der Waals surface area contributed by atoms with Crippen LogP contribution >= 0.6 is 0 Å². The summed E-state index contributed by atoms with van der Waals surface area (Å²) in [7, 11) is 6.02. The van der Waals surface area contributed by atoms with Crippen LogP contribution in [0.2, 0.25) is 0 Å². The second-order valence-electron chi connectivity index (χ2n) is 6.65. The third kappa shape index (κ3) is 4.02. The van der Waals surface area contributed by atoms with Crippen LogP contribution in [0.4, 0.5) is 0 Å². The Hall–Kier alpha value is -1.06. The van der Waals surface area contributed by atoms with Crippen molar-refractivity contribution in [1.82, 2.24) is 4.90 Å². The summed E-state index contributed by atoms with van der Waals surface area (Å²) >= 11 is 0. The lowest BCUT2D eigenvalue weighted by atomic mass is 9.72. The van der Waals surface area contributed by atoms with Crippen molar-refractivity contribution in [3.63, 3.8) is 0 Å². The first-order valence-electron chi connectivity index (χ1n) is 8.54. The molecule has 0 spiro atoms. The first-order chi connectivity index (χ1) is 10.6. The van der Waals surface area contributed by atoms with Crippen molar-refractivity contribution in [2.45, 2.75) is 50.5 Å². The van der Waals surface area contributed by atoms with E-state index < -0.39 is 0 Å². The Balaban J connectivity index is 2.32. The molecule has 1 aliphatic carbocycles. The van der Waals surface area contributed by atoms with Crippen LogP contribution in [0.25, 0.3) is 0 Å². The lowest BCUT2D eigenvalue weighted by Gasteiger charge is -2.44. The zero-order chi connectivity index (χ0) is 16.0. The Labute approximate surface area is 135 Å². The van der Waals surface area contributed by atoms with Gasteiger partial charge in [-0.15, -0.1) is 0 Å². The van der Waals surface area contributed by atoms with Crippen LogP contribution in [0.5, 0.6) is 5.75 Å². The van der Waals surface area contributed by atoms with E-state index in [4.69, 9.17) is 9.47 Å². The van der Waals surface area contributed by atoms with E-state index in [1.54, 1.807) is 7.11 Å². The van der Waals surface area contributed by atoms with E-state index in [0.29, 0.717) is 5.92 Å². The molecule has 1 unspecified atom stereocenters. The average molecular weight is 305 g/mol.